The number of aliphatic hydroxyl groups excluding tert-OH is 1. The summed E-state index contributed by atoms with van der Waals surface area (Å²) in [7, 11) is 0. The van der Waals surface area contributed by atoms with Gasteiger partial charge in [-0.25, -0.2) is 4.39 Å². The van der Waals surface area contributed by atoms with Gasteiger partial charge in [-0.3, -0.25) is 0 Å². The molecule has 3 nitrogen and oxygen atoms in total. The van der Waals surface area contributed by atoms with Crippen molar-refractivity contribution >= 4 is 0 Å². The van der Waals surface area contributed by atoms with Crippen LogP contribution in [0.15, 0.2) is 41.0 Å². The molecule has 0 spiro atoms. The summed E-state index contributed by atoms with van der Waals surface area (Å²) in [5, 5.41) is 13.7. The predicted molar refractivity (Wildman–Crippen MR) is 83.0 cm³/mol. The van der Waals surface area contributed by atoms with Gasteiger partial charge in [0.05, 0.1) is 6.26 Å². The second-order valence-corrected chi connectivity index (χ2v) is 6.12. The van der Waals surface area contributed by atoms with Gasteiger partial charge < -0.3 is 14.8 Å². The molecule has 0 amide bonds. The van der Waals surface area contributed by atoms with E-state index in [2.05, 4.69) is 5.32 Å². The van der Waals surface area contributed by atoms with Gasteiger partial charge in [-0.2, -0.15) is 0 Å². The largest absolute Gasteiger partial charge is 0.467 e. The Balaban J connectivity index is 1.65. The Morgan fingerprint density at radius 3 is 3.05 bits per heavy atom. The van der Waals surface area contributed by atoms with Crippen LogP contribution in [0.1, 0.15) is 55.2 Å². The van der Waals surface area contributed by atoms with Crippen LogP contribution in [0, 0.1) is 5.82 Å². The zero-order valence-corrected chi connectivity index (χ0v) is 12.8. The molecule has 0 saturated carbocycles. The molecule has 0 aliphatic heterocycles. The Labute approximate surface area is 130 Å². The van der Waals surface area contributed by atoms with E-state index >= 15 is 0 Å². The van der Waals surface area contributed by atoms with Crippen molar-refractivity contribution in [1.82, 2.24) is 5.32 Å². The van der Waals surface area contributed by atoms with E-state index in [1.54, 1.807) is 24.5 Å². The number of furan rings is 1. The number of rotatable bonds is 5. The van der Waals surface area contributed by atoms with Gasteiger partial charge in [-0.05, 0) is 68.0 Å². The molecule has 22 heavy (non-hydrogen) atoms. The van der Waals surface area contributed by atoms with Gasteiger partial charge in [-0.1, -0.05) is 6.07 Å². The van der Waals surface area contributed by atoms with Crippen molar-refractivity contribution in [2.75, 3.05) is 0 Å². The van der Waals surface area contributed by atoms with Crippen LogP contribution < -0.4 is 5.32 Å². The molecule has 3 atom stereocenters. The van der Waals surface area contributed by atoms with Crippen LogP contribution in [0.25, 0.3) is 0 Å². The number of hydrogen-bond donors (Lipinski definition) is 2. The summed E-state index contributed by atoms with van der Waals surface area (Å²) >= 11 is 0. The van der Waals surface area contributed by atoms with E-state index in [0.29, 0.717) is 12.2 Å². The molecule has 1 aromatic heterocycles. The fraction of sp³-hybridized carbons (Fsp3) is 0.444. The molecule has 3 rings (SSSR count). The topological polar surface area (TPSA) is 45.4 Å². The quantitative estimate of drug-likeness (QED) is 0.880. The fourth-order valence-corrected chi connectivity index (χ4v) is 3.29. The summed E-state index contributed by atoms with van der Waals surface area (Å²) in [6, 6.07) is 8.88. The van der Waals surface area contributed by atoms with Crippen molar-refractivity contribution in [1.29, 1.82) is 0 Å². The minimum Gasteiger partial charge on any atom is -0.467 e. The minimum absolute atomic E-state index is 0.110. The number of aryl methyl sites for hydroxylation is 1. The van der Waals surface area contributed by atoms with E-state index in [0.717, 1.165) is 24.8 Å². The first kappa shape index (κ1) is 15.3. The molecule has 2 N–H and O–H groups in total. The van der Waals surface area contributed by atoms with Crippen molar-refractivity contribution in [3.8, 4) is 0 Å². The summed E-state index contributed by atoms with van der Waals surface area (Å²) in [5.74, 6) is 0.402. The van der Waals surface area contributed by atoms with Gasteiger partial charge in [0.2, 0.25) is 0 Å². The number of hydrogen-bond acceptors (Lipinski definition) is 3. The Morgan fingerprint density at radius 2 is 2.27 bits per heavy atom. The van der Waals surface area contributed by atoms with Gasteiger partial charge >= 0.3 is 0 Å². The number of fused-ring (bicyclic) bond motifs is 1. The number of nitrogens with one attached hydrogen (secondary N) is 1. The Kier molecular flexibility index (Phi) is 4.60. The maximum absolute atomic E-state index is 13.5. The molecule has 2 aromatic rings. The summed E-state index contributed by atoms with van der Waals surface area (Å²) in [4.78, 5) is 0. The van der Waals surface area contributed by atoms with Gasteiger partial charge in [0, 0.05) is 12.1 Å². The average molecular weight is 303 g/mol. The summed E-state index contributed by atoms with van der Waals surface area (Å²) in [6.07, 6.45) is 4.62. The number of benzene rings is 1. The molecule has 1 aromatic carbocycles. The minimum atomic E-state index is -0.618. The van der Waals surface area contributed by atoms with E-state index in [4.69, 9.17) is 4.42 Å². The summed E-state index contributed by atoms with van der Waals surface area (Å²) in [6.45, 7) is 2.04. The van der Waals surface area contributed by atoms with Crippen LogP contribution in [0.4, 0.5) is 4.39 Å². The van der Waals surface area contributed by atoms with E-state index < -0.39 is 6.10 Å². The van der Waals surface area contributed by atoms with Crippen LogP contribution in [0.5, 0.6) is 0 Å². The molecule has 1 aliphatic carbocycles. The highest BCUT2D eigenvalue weighted by molar-refractivity contribution is 5.33. The van der Waals surface area contributed by atoms with E-state index in [-0.39, 0.29) is 17.9 Å². The first-order valence-corrected chi connectivity index (χ1v) is 7.89. The lowest BCUT2D eigenvalue weighted by Gasteiger charge is -2.30. The summed E-state index contributed by atoms with van der Waals surface area (Å²) < 4.78 is 18.8. The van der Waals surface area contributed by atoms with Gasteiger partial charge in [0.15, 0.2) is 0 Å². The van der Waals surface area contributed by atoms with Gasteiger partial charge in [-0.15, -0.1) is 0 Å². The fourth-order valence-electron chi connectivity index (χ4n) is 3.29. The third kappa shape index (κ3) is 3.39. The van der Waals surface area contributed by atoms with Gasteiger partial charge in [0.25, 0.3) is 0 Å². The van der Waals surface area contributed by atoms with Crippen LogP contribution in [-0.4, -0.2) is 11.1 Å². The maximum atomic E-state index is 13.5. The molecule has 1 aliphatic rings. The molecule has 0 fully saturated rings. The molecular formula is C18H22FNO2. The number of aliphatic hydroxyl groups is 1. The third-order valence-electron chi connectivity index (χ3n) is 4.36. The first-order chi connectivity index (χ1) is 10.6. The van der Waals surface area contributed by atoms with Gasteiger partial charge in [0.1, 0.15) is 17.7 Å². The lowest BCUT2D eigenvalue weighted by atomic mass is 9.87. The maximum Gasteiger partial charge on any atom is 0.132 e. The van der Waals surface area contributed by atoms with Crippen molar-refractivity contribution in [2.24, 2.45) is 0 Å². The molecule has 0 bridgehead atoms. The summed E-state index contributed by atoms with van der Waals surface area (Å²) in [5.41, 5.74) is 2.29. The molecule has 4 heteroatoms. The zero-order chi connectivity index (χ0) is 15.5. The lowest BCUT2D eigenvalue weighted by molar-refractivity contribution is 0.126. The van der Waals surface area contributed by atoms with Crippen molar-refractivity contribution in [3.63, 3.8) is 0 Å². The smallest absolute Gasteiger partial charge is 0.132 e. The molecule has 118 valence electrons. The van der Waals surface area contributed by atoms with Crippen molar-refractivity contribution in [3.05, 3.63) is 59.3 Å². The second-order valence-electron chi connectivity index (χ2n) is 6.12. The van der Waals surface area contributed by atoms with E-state index in [1.165, 1.54) is 11.6 Å². The predicted octanol–water partition coefficient (Wildman–Crippen LogP) is 3.90. The van der Waals surface area contributed by atoms with E-state index in [9.17, 15) is 9.50 Å². The average Bonchev–Trinajstić information content (AvgIpc) is 3.02. The normalized spacial score (nSPS) is 20.4. The monoisotopic (exact) mass is 303 g/mol. The van der Waals surface area contributed by atoms with Crippen molar-refractivity contribution in [2.45, 2.75) is 50.8 Å². The number of halogens is 1. The highest BCUT2D eigenvalue weighted by Gasteiger charge is 2.23. The Hall–Kier alpha value is -1.65. The van der Waals surface area contributed by atoms with Crippen LogP contribution >= 0.6 is 0 Å². The lowest BCUT2D eigenvalue weighted by Crippen LogP contribution is -2.33. The third-order valence-corrected chi connectivity index (χ3v) is 4.36. The Morgan fingerprint density at radius 1 is 1.41 bits per heavy atom. The molecular weight excluding hydrogens is 281 g/mol. The van der Waals surface area contributed by atoms with Crippen LogP contribution in [0.2, 0.25) is 0 Å². The standard InChI is InChI=1S/C18H22FNO2/c1-12(10-17(21)18-6-3-9-22-18)20-16-5-2-4-13-7-8-14(19)11-15(13)16/h3,6-9,11-12,16-17,20-21H,2,4-5,10H2,1H3. The van der Waals surface area contributed by atoms with Crippen molar-refractivity contribution < 1.29 is 13.9 Å². The van der Waals surface area contributed by atoms with Crippen LogP contribution in [0.3, 0.4) is 0 Å². The Bertz CT molecular complexity index is 612. The highest BCUT2D eigenvalue weighted by atomic mass is 19.1. The molecule has 3 unspecified atom stereocenters. The molecule has 1 heterocycles. The second kappa shape index (κ2) is 6.63. The first-order valence-electron chi connectivity index (χ1n) is 7.89. The molecule has 0 radical (unpaired) electrons. The molecule has 0 saturated heterocycles. The zero-order valence-electron chi connectivity index (χ0n) is 12.8. The van der Waals surface area contributed by atoms with E-state index in [1.807, 2.05) is 13.0 Å². The van der Waals surface area contributed by atoms with Crippen LogP contribution in [-0.2, 0) is 6.42 Å². The highest BCUT2D eigenvalue weighted by Crippen LogP contribution is 2.31. The SMILES string of the molecule is CC(CC(O)c1ccco1)NC1CCCc2ccc(F)cc21.